The van der Waals surface area contributed by atoms with Crippen molar-refractivity contribution in [2.24, 2.45) is 39.9 Å². The lowest BCUT2D eigenvalue weighted by molar-refractivity contribution is -0.249. The van der Waals surface area contributed by atoms with Crippen molar-refractivity contribution in [2.75, 3.05) is 0 Å². The molecule has 22 heavy (non-hydrogen) atoms. The number of aliphatic hydroxyl groups is 2. The molecule has 0 radical (unpaired) electrons. The summed E-state index contributed by atoms with van der Waals surface area (Å²) in [6.45, 7) is 9.26. The van der Waals surface area contributed by atoms with Gasteiger partial charge in [-0.3, -0.25) is 0 Å². The largest absolute Gasteiger partial charge is 0.365 e. The van der Waals surface area contributed by atoms with E-state index in [4.69, 9.17) is 0 Å². The molecule has 5 rings (SSSR count). The Morgan fingerprint density at radius 1 is 0.955 bits per heavy atom. The predicted octanol–water partition coefficient (Wildman–Crippen LogP) is 3.88. The smallest absolute Gasteiger partial charge is 0.168 e. The van der Waals surface area contributed by atoms with Crippen LogP contribution in [0, 0.1) is 39.9 Å². The van der Waals surface area contributed by atoms with Gasteiger partial charge >= 0.3 is 0 Å². The lowest BCUT2D eigenvalue weighted by atomic mass is 9.45. The molecule has 5 saturated carbocycles. The minimum absolute atomic E-state index is 0.295. The highest BCUT2D eigenvalue weighted by molar-refractivity contribution is 5.36. The summed E-state index contributed by atoms with van der Waals surface area (Å²) in [6.07, 6.45) is 9.09. The fraction of sp³-hybridized carbons (Fsp3) is 0.900. The van der Waals surface area contributed by atoms with Crippen LogP contribution in [-0.4, -0.2) is 16.0 Å². The van der Waals surface area contributed by atoms with Gasteiger partial charge in [0.25, 0.3) is 0 Å². The van der Waals surface area contributed by atoms with E-state index in [1.807, 2.05) is 0 Å². The second kappa shape index (κ2) is 3.67. The van der Waals surface area contributed by atoms with Gasteiger partial charge in [0, 0.05) is 11.8 Å². The lowest BCUT2D eigenvalue weighted by Gasteiger charge is -2.59. The first kappa shape index (κ1) is 14.0. The van der Waals surface area contributed by atoms with Crippen LogP contribution in [0.1, 0.15) is 65.2 Å². The zero-order valence-corrected chi connectivity index (χ0v) is 14.1. The second-order valence-electron chi connectivity index (χ2n) is 9.82. The molecule has 0 amide bonds. The van der Waals surface area contributed by atoms with E-state index in [1.54, 1.807) is 0 Å². The lowest BCUT2D eigenvalue weighted by Crippen LogP contribution is -2.56. The fourth-order valence-electron chi connectivity index (χ4n) is 8.25. The molecular weight excluding hydrogens is 272 g/mol. The summed E-state index contributed by atoms with van der Waals surface area (Å²) >= 11 is 0. The summed E-state index contributed by atoms with van der Waals surface area (Å²) in [6, 6.07) is 0. The molecule has 0 unspecified atom stereocenters. The average molecular weight is 302 g/mol. The van der Waals surface area contributed by atoms with Crippen molar-refractivity contribution in [1.29, 1.82) is 0 Å². The Morgan fingerprint density at radius 2 is 1.59 bits per heavy atom. The van der Waals surface area contributed by atoms with Gasteiger partial charge in [-0.15, -0.1) is 0 Å². The Morgan fingerprint density at radius 3 is 2.32 bits per heavy atom. The zero-order chi connectivity index (χ0) is 15.5. The molecule has 0 aliphatic heterocycles. The molecular formula is C20H30O2. The third-order valence-corrected chi connectivity index (χ3v) is 9.61. The quantitative estimate of drug-likeness (QED) is 0.527. The van der Waals surface area contributed by atoms with E-state index in [2.05, 4.69) is 20.4 Å². The first-order chi connectivity index (χ1) is 10.3. The van der Waals surface area contributed by atoms with Crippen LogP contribution < -0.4 is 0 Å². The van der Waals surface area contributed by atoms with Crippen molar-refractivity contribution in [3.8, 4) is 0 Å². The van der Waals surface area contributed by atoms with Crippen LogP contribution in [0.25, 0.3) is 0 Å². The Kier molecular flexibility index (Phi) is 2.34. The summed E-state index contributed by atoms with van der Waals surface area (Å²) in [5, 5.41) is 21.1. The van der Waals surface area contributed by atoms with E-state index in [0.29, 0.717) is 29.1 Å². The molecule has 5 aliphatic carbocycles. The summed E-state index contributed by atoms with van der Waals surface area (Å²) < 4.78 is 0. The van der Waals surface area contributed by atoms with Gasteiger partial charge in [-0.25, -0.2) is 0 Å². The van der Waals surface area contributed by atoms with Crippen LogP contribution in [-0.2, 0) is 0 Å². The average Bonchev–Trinajstić information content (AvgIpc) is 3.04. The number of hydrogen-bond donors (Lipinski definition) is 2. The van der Waals surface area contributed by atoms with Crippen molar-refractivity contribution in [1.82, 2.24) is 0 Å². The third kappa shape index (κ3) is 1.23. The number of rotatable bonds is 0. The molecule has 0 heterocycles. The highest BCUT2D eigenvalue weighted by Crippen LogP contribution is 2.83. The summed E-state index contributed by atoms with van der Waals surface area (Å²) in [4.78, 5) is 0. The summed E-state index contributed by atoms with van der Waals surface area (Å²) in [5.41, 5.74) is 2.17. The minimum Gasteiger partial charge on any atom is -0.365 e. The highest BCUT2D eigenvalue weighted by atomic mass is 16.5. The molecule has 0 saturated heterocycles. The Bertz CT molecular complexity index is 566. The van der Waals surface area contributed by atoms with Crippen molar-refractivity contribution in [2.45, 2.75) is 71.0 Å². The molecule has 5 fully saturated rings. The van der Waals surface area contributed by atoms with E-state index in [-0.39, 0.29) is 5.41 Å². The Labute approximate surface area is 134 Å². The Hall–Kier alpha value is -0.340. The van der Waals surface area contributed by atoms with Crippen LogP contribution in [0.4, 0.5) is 0 Å². The monoisotopic (exact) mass is 302 g/mol. The molecule has 5 aliphatic rings. The number of fused-ring (bicyclic) bond motifs is 4. The molecule has 7 atom stereocenters. The highest BCUT2D eigenvalue weighted by Gasteiger charge is 2.75. The van der Waals surface area contributed by atoms with Crippen molar-refractivity contribution >= 4 is 0 Å². The van der Waals surface area contributed by atoms with Crippen LogP contribution in [0.3, 0.4) is 0 Å². The molecule has 0 aromatic carbocycles. The topological polar surface area (TPSA) is 40.5 Å². The van der Waals surface area contributed by atoms with Gasteiger partial charge in [0.15, 0.2) is 5.79 Å². The van der Waals surface area contributed by atoms with Gasteiger partial charge < -0.3 is 10.2 Å². The molecule has 122 valence electrons. The van der Waals surface area contributed by atoms with Gasteiger partial charge in [-0.1, -0.05) is 26.0 Å². The zero-order valence-electron chi connectivity index (χ0n) is 14.1. The predicted molar refractivity (Wildman–Crippen MR) is 85.9 cm³/mol. The Balaban J connectivity index is 1.57. The molecule has 1 spiro atoms. The maximum absolute atomic E-state index is 10.5. The molecule has 2 heteroatoms. The molecule has 0 aromatic heterocycles. The molecule has 0 bridgehead atoms. The summed E-state index contributed by atoms with van der Waals surface area (Å²) in [5.74, 6) is 1.39. The normalized spacial score (nSPS) is 61.2. The van der Waals surface area contributed by atoms with Crippen LogP contribution >= 0.6 is 0 Å². The fourth-order valence-corrected chi connectivity index (χ4v) is 8.25. The van der Waals surface area contributed by atoms with E-state index in [9.17, 15) is 10.2 Å². The maximum Gasteiger partial charge on any atom is 0.168 e. The number of allylic oxidation sites excluding steroid dienone is 1. The van der Waals surface area contributed by atoms with E-state index >= 15 is 0 Å². The second-order valence-corrected chi connectivity index (χ2v) is 9.82. The van der Waals surface area contributed by atoms with Crippen LogP contribution in [0.15, 0.2) is 12.2 Å². The van der Waals surface area contributed by atoms with Crippen molar-refractivity contribution in [3.05, 3.63) is 12.2 Å². The third-order valence-electron chi connectivity index (χ3n) is 9.61. The minimum atomic E-state index is -1.45. The van der Waals surface area contributed by atoms with Gasteiger partial charge in [-0.05, 0) is 79.4 Å². The van der Waals surface area contributed by atoms with E-state index in [0.717, 1.165) is 31.1 Å². The standard InChI is InChI=1S/C20H30O2/c1-12-10-14-15(17(2)7-4-13-11-19(12,13)17)5-8-18(3)16(14)6-9-20(18,21)22/h13-16,21-22H,1,4-11H2,2-3H3/t13-,14+,15-,16-,17+,18-,19+/m0/s1. The summed E-state index contributed by atoms with van der Waals surface area (Å²) in [7, 11) is 0. The van der Waals surface area contributed by atoms with Crippen molar-refractivity contribution < 1.29 is 10.2 Å². The van der Waals surface area contributed by atoms with Crippen LogP contribution in [0.2, 0.25) is 0 Å². The molecule has 2 nitrogen and oxygen atoms in total. The van der Waals surface area contributed by atoms with Crippen molar-refractivity contribution in [3.63, 3.8) is 0 Å². The first-order valence-corrected chi connectivity index (χ1v) is 9.39. The molecule has 2 N–H and O–H groups in total. The maximum atomic E-state index is 10.5. The first-order valence-electron chi connectivity index (χ1n) is 9.39. The van der Waals surface area contributed by atoms with Gasteiger partial charge in [0.2, 0.25) is 0 Å². The molecule has 0 aromatic rings. The SMILES string of the molecule is C=C1C[C@H]2[C@@H]3CCC(O)(O)[C@@]3(C)CC[C@@H]2[C@@]2(C)CC[C@H]3C[C@@]132. The van der Waals surface area contributed by atoms with E-state index < -0.39 is 5.79 Å². The van der Waals surface area contributed by atoms with Gasteiger partial charge in [0.05, 0.1) is 0 Å². The number of hydrogen-bond acceptors (Lipinski definition) is 2. The van der Waals surface area contributed by atoms with Crippen LogP contribution in [0.5, 0.6) is 0 Å². The van der Waals surface area contributed by atoms with Gasteiger partial charge in [-0.2, -0.15) is 0 Å². The van der Waals surface area contributed by atoms with E-state index in [1.165, 1.54) is 31.3 Å². The van der Waals surface area contributed by atoms with Gasteiger partial charge in [0.1, 0.15) is 0 Å².